The van der Waals surface area contributed by atoms with Gasteiger partial charge in [0.05, 0.1) is 18.8 Å². The van der Waals surface area contributed by atoms with Crippen LogP contribution in [0.3, 0.4) is 0 Å². The lowest BCUT2D eigenvalue weighted by Crippen LogP contribution is -2.33. The Labute approximate surface area is 114 Å². The van der Waals surface area contributed by atoms with Gasteiger partial charge in [-0.3, -0.25) is 0 Å². The largest absolute Gasteiger partial charge is 0.422 e. The zero-order chi connectivity index (χ0) is 13.0. The summed E-state index contributed by atoms with van der Waals surface area (Å²) in [5.41, 5.74) is 0.156. The van der Waals surface area contributed by atoms with E-state index in [1.807, 2.05) is 0 Å². The van der Waals surface area contributed by atoms with Crippen LogP contribution in [-0.2, 0) is 13.9 Å². The summed E-state index contributed by atoms with van der Waals surface area (Å²) in [7, 11) is 0.844. The normalized spacial score (nSPS) is 26.8. The maximum absolute atomic E-state index is 5.84. The summed E-state index contributed by atoms with van der Waals surface area (Å²) in [5.74, 6) is 0. The lowest BCUT2D eigenvalue weighted by molar-refractivity contribution is 0.0550. The second-order valence-electron chi connectivity index (χ2n) is 5.37. The monoisotopic (exact) mass is 273 g/mol. The van der Waals surface area contributed by atoms with Gasteiger partial charge in [0.25, 0.3) is 0 Å². The fourth-order valence-electron chi connectivity index (χ4n) is 2.68. The Hall–Kier alpha value is 0.0569. The zero-order valence-electron chi connectivity index (χ0n) is 12.0. The molecule has 2 fully saturated rings. The molecule has 4 nitrogen and oxygen atoms in total. The van der Waals surface area contributed by atoms with Crippen LogP contribution in [0.1, 0.15) is 46.0 Å². The van der Waals surface area contributed by atoms with Gasteiger partial charge >= 0.3 is 0 Å². The van der Waals surface area contributed by atoms with E-state index in [-0.39, 0.29) is 5.60 Å². The van der Waals surface area contributed by atoms with Crippen molar-refractivity contribution in [3.63, 3.8) is 0 Å². The third-order valence-corrected chi connectivity index (χ3v) is 5.26. The van der Waals surface area contributed by atoms with Gasteiger partial charge in [-0.25, -0.2) is 4.90 Å². The molecule has 106 valence electrons. The van der Waals surface area contributed by atoms with Crippen molar-refractivity contribution in [2.75, 3.05) is 19.8 Å². The number of nitrogens with zero attached hydrogens (tertiary/aromatic N) is 1. The van der Waals surface area contributed by atoms with Crippen LogP contribution in [0.5, 0.6) is 0 Å². The molecular weight excluding hydrogens is 246 g/mol. The van der Waals surface area contributed by atoms with E-state index in [4.69, 9.17) is 13.9 Å². The summed E-state index contributed by atoms with van der Waals surface area (Å²) >= 11 is 0. The standard InChI is InChI=1S/C13H27NO3Si/c1-3-13(4-2,17-18)7-5-6-8-14(11-9-15-11)12-10-16-12/h11-12H,3-10H2,1-2,18H3. The molecule has 2 aliphatic heterocycles. The van der Waals surface area contributed by atoms with Crippen LogP contribution < -0.4 is 0 Å². The van der Waals surface area contributed by atoms with Crippen molar-refractivity contribution < 1.29 is 13.9 Å². The SMILES string of the molecule is CCC(CC)(CCCCN(C1CO1)C1CO1)O[SiH3]. The molecule has 0 aromatic heterocycles. The van der Waals surface area contributed by atoms with Crippen molar-refractivity contribution in [3.05, 3.63) is 0 Å². The minimum atomic E-state index is 0.156. The van der Waals surface area contributed by atoms with Crippen LogP contribution >= 0.6 is 0 Å². The number of hydrogen-bond donors (Lipinski definition) is 0. The van der Waals surface area contributed by atoms with Crippen LogP contribution in [0.25, 0.3) is 0 Å². The number of rotatable bonds is 10. The molecule has 0 aliphatic carbocycles. The molecule has 0 amide bonds. The predicted octanol–water partition coefficient (Wildman–Crippen LogP) is 1.03. The second kappa shape index (κ2) is 6.48. The van der Waals surface area contributed by atoms with Crippen molar-refractivity contribution in [3.8, 4) is 0 Å². The van der Waals surface area contributed by atoms with Gasteiger partial charge in [-0.2, -0.15) is 0 Å². The highest BCUT2D eigenvalue weighted by molar-refractivity contribution is 5.98. The summed E-state index contributed by atoms with van der Waals surface area (Å²) < 4.78 is 16.6. The van der Waals surface area contributed by atoms with Gasteiger partial charge in [0, 0.05) is 6.54 Å². The highest BCUT2D eigenvalue weighted by atomic mass is 28.2. The molecule has 0 spiro atoms. The van der Waals surface area contributed by atoms with Gasteiger partial charge in [-0.1, -0.05) is 13.8 Å². The molecule has 2 rings (SSSR count). The Balaban J connectivity index is 1.64. The van der Waals surface area contributed by atoms with Crippen molar-refractivity contribution in [2.24, 2.45) is 0 Å². The molecule has 0 bridgehead atoms. The lowest BCUT2D eigenvalue weighted by atomic mass is 9.91. The van der Waals surface area contributed by atoms with Crippen LogP contribution in [0.4, 0.5) is 0 Å². The average Bonchev–Trinajstić information content (AvgIpc) is 3.28. The van der Waals surface area contributed by atoms with E-state index in [2.05, 4.69) is 18.7 Å². The lowest BCUT2D eigenvalue weighted by Gasteiger charge is -2.31. The van der Waals surface area contributed by atoms with Gasteiger partial charge in [-0.05, 0) is 32.1 Å². The molecule has 0 saturated carbocycles. The zero-order valence-corrected chi connectivity index (χ0v) is 14.0. The van der Waals surface area contributed by atoms with E-state index in [9.17, 15) is 0 Å². The Kier molecular flexibility index (Phi) is 5.21. The molecular formula is C13H27NO3Si. The Morgan fingerprint density at radius 1 is 1.17 bits per heavy atom. The molecule has 2 saturated heterocycles. The summed E-state index contributed by atoms with van der Waals surface area (Å²) in [6.45, 7) is 7.35. The first-order valence-electron chi connectivity index (χ1n) is 7.29. The molecule has 0 radical (unpaired) electrons. The van der Waals surface area contributed by atoms with Crippen LogP contribution in [0.15, 0.2) is 0 Å². The second-order valence-corrected chi connectivity index (χ2v) is 5.77. The summed E-state index contributed by atoms with van der Waals surface area (Å²) in [4.78, 5) is 2.36. The Morgan fingerprint density at radius 2 is 1.72 bits per heavy atom. The highest BCUT2D eigenvalue weighted by Gasteiger charge is 2.41. The molecule has 2 atom stereocenters. The van der Waals surface area contributed by atoms with E-state index in [0.717, 1.165) is 43.1 Å². The minimum Gasteiger partial charge on any atom is -0.422 e. The van der Waals surface area contributed by atoms with E-state index in [1.165, 1.54) is 19.3 Å². The van der Waals surface area contributed by atoms with Gasteiger partial charge in [0.1, 0.15) is 22.9 Å². The van der Waals surface area contributed by atoms with Crippen LogP contribution in [-0.4, -0.2) is 53.2 Å². The van der Waals surface area contributed by atoms with Crippen molar-refractivity contribution in [2.45, 2.75) is 64.0 Å². The fraction of sp³-hybridized carbons (Fsp3) is 1.00. The first-order valence-corrected chi connectivity index (χ1v) is 8.10. The molecule has 2 heterocycles. The fourth-order valence-corrected chi connectivity index (χ4v) is 3.46. The molecule has 5 heteroatoms. The van der Waals surface area contributed by atoms with E-state index in [0.29, 0.717) is 12.5 Å². The van der Waals surface area contributed by atoms with Crippen molar-refractivity contribution >= 4 is 10.5 Å². The predicted molar refractivity (Wildman–Crippen MR) is 74.4 cm³/mol. The summed E-state index contributed by atoms with van der Waals surface area (Å²) in [6, 6.07) is 0. The van der Waals surface area contributed by atoms with Crippen LogP contribution in [0.2, 0.25) is 0 Å². The van der Waals surface area contributed by atoms with E-state index < -0.39 is 0 Å². The first-order chi connectivity index (χ1) is 8.74. The quantitative estimate of drug-likeness (QED) is 0.338. The number of ether oxygens (including phenoxy) is 2. The summed E-state index contributed by atoms with van der Waals surface area (Å²) in [6.07, 6.45) is 6.59. The van der Waals surface area contributed by atoms with E-state index in [1.54, 1.807) is 0 Å². The van der Waals surface area contributed by atoms with E-state index >= 15 is 0 Å². The Bertz CT molecular complexity index is 232. The van der Waals surface area contributed by atoms with Gasteiger partial charge < -0.3 is 13.9 Å². The number of unbranched alkanes of at least 4 members (excludes halogenated alkanes) is 1. The smallest absolute Gasteiger partial charge is 0.146 e. The Morgan fingerprint density at radius 3 is 2.11 bits per heavy atom. The third-order valence-electron chi connectivity index (χ3n) is 4.39. The summed E-state index contributed by atoms with van der Waals surface area (Å²) in [5, 5.41) is 0. The average molecular weight is 273 g/mol. The topological polar surface area (TPSA) is 37.5 Å². The molecule has 18 heavy (non-hydrogen) atoms. The third kappa shape index (κ3) is 3.77. The maximum Gasteiger partial charge on any atom is 0.146 e. The molecule has 0 aromatic rings. The number of hydrogen-bond acceptors (Lipinski definition) is 4. The van der Waals surface area contributed by atoms with Crippen LogP contribution in [0, 0.1) is 0 Å². The van der Waals surface area contributed by atoms with Crippen molar-refractivity contribution in [1.82, 2.24) is 4.90 Å². The van der Waals surface area contributed by atoms with Gasteiger partial charge in [0.15, 0.2) is 0 Å². The maximum atomic E-state index is 5.84. The van der Waals surface area contributed by atoms with Gasteiger partial charge in [-0.15, -0.1) is 0 Å². The minimum absolute atomic E-state index is 0.156. The molecule has 0 aromatic carbocycles. The molecule has 0 N–H and O–H groups in total. The van der Waals surface area contributed by atoms with Crippen molar-refractivity contribution in [1.29, 1.82) is 0 Å². The molecule has 2 unspecified atom stereocenters. The molecule has 2 aliphatic rings. The van der Waals surface area contributed by atoms with Gasteiger partial charge in [0.2, 0.25) is 0 Å². The first kappa shape index (κ1) is 14.5. The number of epoxide rings is 2. The highest BCUT2D eigenvalue weighted by Crippen LogP contribution is 2.28.